The standard InChI is InChI=1S/C16H34/c1-8-9-10-11-13(4)15(6)16(7)14(5)12(2)3/h12-16H,8-11H2,1-7H3. The summed E-state index contributed by atoms with van der Waals surface area (Å²) in [6, 6.07) is 0. The molecule has 16 heavy (non-hydrogen) atoms. The van der Waals surface area contributed by atoms with Crippen molar-refractivity contribution in [1.29, 1.82) is 0 Å². The number of hydrogen-bond donors (Lipinski definition) is 0. The SMILES string of the molecule is CCCCCC(C)C(C)C(C)C(C)C(C)C. The lowest BCUT2D eigenvalue weighted by Gasteiger charge is -2.32. The van der Waals surface area contributed by atoms with Crippen LogP contribution in [0.15, 0.2) is 0 Å². The lowest BCUT2D eigenvalue weighted by Crippen LogP contribution is -2.25. The lowest BCUT2D eigenvalue weighted by molar-refractivity contribution is 0.169. The van der Waals surface area contributed by atoms with E-state index in [1.807, 2.05) is 0 Å². The maximum atomic E-state index is 2.46. The van der Waals surface area contributed by atoms with Gasteiger partial charge in [-0.3, -0.25) is 0 Å². The maximum absolute atomic E-state index is 2.46. The highest BCUT2D eigenvalue weighted by atomic mass is 14.3. The average molecular weight is 226 g/mol. The minimum absolute atomic E-state index is 0.820. The smallest absolute Gasteiger partial charge is 0.0386 e. The Balaban J connectivity index is 4.05. The first-order valence-electron chi connectivity index (χ1n) is 7.41. The van der Waals surface area contributed by atoms with E-state index in [9.17, 15) is 0 Å². The van der Waals surface area contributed by atoms with Crippen molar-refractivity contribution in [3.8, 4) is 0 Å². The van der Waals surface area contributed by atoms with E-state index in [-0.39, 0.29) is 0 Å². The number of rotatable bonds is 8. The van der Waals surface area contributed by atoms with Gasteiger partial charge in [0.05, 0.1) is 0 Å². The molecule has 0 N–H and O–H groups in total. The van der Waals surface area contributed by atoms with Gasteiger partial charge in [0.2, 0.25) is 0 Å². The van der Waals surface area contributed by atoms with Gasteiger partial charge in [-0.15, -0.1) is 0 Å². The van der Waals surface area contributed by atoms with Gasteiger partial charge in [-0.1, -0.05) is 74.1 Å². The molecule has 4 unspecified atom stereocenters. The van der Waals surface area contributed by atoms with Crippen molar-refractivity contribution in [2.24, 2.45) is 29.6 Å². The predicted octanol–water partition coefficient (Wildman–Crippen LogP) is 5.77. The molecule has 0 rings (SSSR count). The topological polar surface area (TPSA) is 0 Å². The maximum Gasteiger partial charge on any atom is -0.0386 e. The zero-order valence-electron chi connectivity index (χ0n) is 12.7. The molecule has 4 atom stereocenters. The molecule has 0 aliphatic carbocycles. The van der Waals surface area contributed by atoms with Gasteiger partial charge < -0.3 is 0 Å². The fraction of sp³-hybridized carbons (Fsp3) is 1.00. The van der Waals surface area contributed by atoms with Crippen LogP contribution >= 0.6 is 0 Å². The molecule has 98 valence electrons. The highest BCUT2D eigenvalue weighted by Gasteiger charge is 2.24. The summed E-state index contributed by atoms with van der Waals surface area (Å²) in [5.74, 6) is 4.29. The summed E-state index contributed by atoms with van der Waals surface area (Å²) in [7, 11) is 0. The molecule has 0 aromatic rings. The molecule has 0 heteroatoms. The monoisotopic (exact) mass is 226 g/mol. The summed E-state index contributed by atoms with van der Waals surface area (Å²) in [4.78, 5) is 0. The van der Waals surface area contributed by atoms with E-state index in [0.29, 0.717) is 0 Å². The number of hydrogen-bond acceptors (Lipinski definition) is 0. The molecule has 0 saturated carbocycles. The Morgan fingerprint density at radius 2 is 1.25 bits per heavy atom. The van der Waals surface area contributed by atoms with Crippen molar-refractivity contribution in [3.63, 3.8) is 0 Å². The molecular weight excluding hydrogens is 192 g/mol. The van der Waals surface area contributed by atoms with Crippen LogP contribution < -0.4 is 0 Å². The van der Waals surface area contributed by atoms with Crippen LogP contribution in [0.4, 0.5) is 0 Å². The summed E-state index contributed by atoms with van der Waals surface area (Å²) in [6.45, 7) is 16.8. The van der Waals surface area contributed by atoms with Crippen molar-refractivity contribution >= 4 is 0 Å². The zero-order valence-corrected chi connectivity index (χ0v) is 12.7. The van der Waals surface area contributed by atoms with Crippen LogP contribution in [0.1, 0.15) is 74.1 Å². The molecule has 0 amide bonds. The second kappa shape index (κ2) is 8.14. The third-order valence-corrected chi connectivity index (χ3v) is 4.87. The number of unbranched alkanes of at least 4 members (excludes halogenated alkanes) is 2. The predicted molar refractivity (Wildman–Crippen MR) is 75.6 cm³/mol. The third-order valence-electron chi connectivity index (χ3n) is 4.87. The molecule has 0 aliphatic rings. The molecule has 0 bridgehead atoms. The Bertz CT molecular complexity index is 159. The lowest BCUT2D eigenvalue weighted by atomic mass is 9.73. The van der Waals surface area contributed by atoms with Crippen molar-refractivity contribution in [3.05, 3.63) is 0 Å². The first-order valence-corrected chi connectivity index (χ1v) is 7.41. The van der Waals surface area contributed by atoms with Crippen LogP contribution in [0.2, 0.25) is 0 Å². The Labute approximate surface area is 104 Å². The summed E-state index contributed by atoms with van der Waals surface area (Å²) in [5.41, 5.74) is 0. The summed E-state index contributed by atoms with van der Waals surface area (Å²) < 4.78 is 0. The molecule has 0 aromatic heterocycles. The van der Waals surface area contributed by atoms with Crippen molar-refractivity contribution in [1.82, 2.24) is 0 Å². The molecule has 0 saturated heterocycles. The first-order chi connectivity index (χ1) is 7.41. The van der Waals surface area contributed by atoms with Crippen LogP contribution in [0, 0.1) is 29.6 Å². The second-order valence-electron chi connectivity index (χ2n) is 6.29. The van der Waals surface area contributed by atoms with E-state index in [4.69, 9.17) is 0 Å². The van der Waals surface area contributed by atoms with Crippen molar-refractivity contribution in [2.45, 2.75) is 74.1 Å². The molecule has 0 radical (unpaired) electrons. The van der Waals surface area contributed by atoms with Gasteiger partial charge in [-0.05, 0) is 29.6 Å². The van der Waals surface area contributed by atoms with Gasteiger partial charge in [0.25, 0.3) is 0 Å². The van der Waals surface area contributed by atoms with E-state index in [2.05, 4.69) is 48.5 Å². The molecule has 0 aliphatic heterocycles. The summed E-state index contributed by atoms with van der Waals surface area (Å²) in [6.07, 6.45) is 5.60. The van der Waals surface area contributed by atoms with E-state index < -0.39 is 0 Å². The Morgan fingerprint density at radius 3 is 1.69 bits per heavy atom. The Kier molecular flexibility index (Phi) is 8.14. The van der Waals surface area contributed by atoms with Crippen molar-refractivity contribution in [2.75, 3.05) is 0 Å². The quantitative estimate of drug-likeness (QED) is 0.461. The molecule has 0 heterocycles. The zero-order chi connectivity index (χ0) is 12.7. The molecule has 0 spiro atoms. The minimum atomic E-state index is 0.820. The first kappa shape index (κ1) is 16.0. The van der Waals surface area contributed by atoms with Crippen LogP contribution in [-0.2, 0) is 0 Å². The van der Waals surface area contributed by atoms with Gasteiger partial charge in [-0.25, -0.2) is 0 Å². The van der Waals surface area contributed by atoms with Crippen LogP contribution in [0.3, 0.4) is 0 Å². The van der Waals surface area contributed by atoms with Crippen LogP contribution in [0.25, 0.3) is 0 Å². The Morgan fingerprint density at radius 1 is 0.688 bits per heavy atom. The highest BCUT2D eigenvalue weighted by molar-refractivity contribution is 4.74. The summed E-state index contributed by atoms with van der Waals surface area (Å²) in [5, 5.41) is 0. The highest BCUT2D eigenvalue weighted by Crippen LogP contribution is 2.33. The van der Waals surface area contributed by atoms with Gasteiger partial charge in [-0.2, -0.15) is 0 Å². The molecule has 0 nitrogen and oxygen atoms in total. The van der Waals surface area contributed by atoms with Crippen LogP contribution in [-0.4, -0.2) is 0 Å². The minimum Gasteiger partial charge on any atom is -0.0654 e. The van der Waals surface area contributed by atoms with E-state index in [1.54, 1.807) is 0 Å². The van der Waals surface area contributed by atoms with Gasteiger partial charge in [0.1, 0.15) is 0 Å². The van der Waals surface area contributed by atoms with Gasteiger partial charge in [0.15, 0.2) is 0 Å². The van der Waals surface area contributed by atoms with Gasteiger partial charge >= 0.3 is 0 Å². The fourth-order valence-corrected chi connectivity index (χ4v) is 2.58. The normalized spacial score (nSPS) is 19.5. The molecule has 0 aromatic carbocycles. The average Bonchev–Trinajstić information content (AvgIpc) is 2.26. The third kappa shape index (κ3) is 5.37. The molecule has 0 fully saturated rings. The Hall–Kier alpha value is 0. The van der Waals surface area contributed by atoms with E-state index >= 15 is 0 Å². The molecular formula is C16H34. The van der Waals surface area contributed by atoms with E-state index in [1.165, 1.54) is 25.7 Å². The van der Waals surface area contributed by atoms with E-state index in [0.717, 1.165) is 29.6 Å². The van der Waals surface area contributed by atoms with Crippen LogP contribution in [0.5, 0.6) is 0 Å². The largest absolute Gasteiger partial charge is 0.0654 e. The van der Waals surface area contributed by atoms with Crippen molar-refractivity contribution < 1.29 is 0 Å². The fourth-order valence-electron chi connectivity index (χ4n) is 2.58. The summed E-state index contributed by atoms with van der Waals surface area (Å²) >= 11 is 0. The second-order valence-corrected chi connectivity index (χ2v) is 6.29. The van der Waals surface area contributed by atoms with Gasteiger partial charge in [0, 0.05) is 0 Å².